The molecule has 0 aromatic heterocycles. The summed E-state index contributed by atoms with van der Waals surface area (Å²) < 4.78 is 10.9. The highest BCUT2D eigenvalue weighted by Crippen LogP contribution is 2.22. The van der Waals surface area contributed by atoms with E-state index in [1.807, 2.05) is 0 Å². The van der Waals surface area contributed by atoms with Crippen molar-refractivity contribution in [2.75, 3.05) is 40.0 Å². The third-order valence-corrected chi connectivity index (χ3v) is 5.92. The lowest BCUT2D eigenvalue weighted by atomic mass is 10.0. The number of amides is 2. The third-order valence-electron chi connectivity index (χ3n) is 5.18. The molecule has 2 amide bonds. The number of benzene rings is 1. The molecule has 2 unspecified atom stereocenters. The number of likely N-dealkylation sites (tertiary alicyclic amines) is 1. The summed E-state index contributed by atoms with van der Waals surface area (Å²) in [7, 11) is 1.69. The first-order chi connectivity index (χ1) is 13.5. The van der Waals surface area contributed by atoms with Crippen LogP contribution in [0.2, 0.25) is 10.0 Å². The van der Waals surface area contributed by atoms with Crippen molar-refractivity contribution in [2.45, 2.75) is 31.0 Å². The Morgan fingerprint density at radius 2 is 2.11 bits per heavy atom. The van der Waals surface area contributed by atoms with Crippen LogP contribution in [-0.2, 0) is 14.3 Å². The van der Waals surface area contributed by atoms with Gasteiger partial charge in [0.25, 0.3) is 5.91 Å². The molecule has 154 valence electrons. The number of halogens is 2. The van der Waals surface area contributed by atoms with Crippen LogP contribution in [0, 0.1) is 0 Å². The molecule has 0 saturated carbocycles. The van der Waals surface area contributed by atoms with Gasteiger partial charge in [0.2, 0.25) is 5.91 Å². The fraction of sp³-hybridized carbons (Fsp3) is 0.579. The van der Waals surface area contributed by atoms with Gasteiger partial charge in [0.05, 0.1) is 29.3 Å². The second-order valence-electron chi connectivity index (χ2n) is 7.05. The first kappa shape index (κ1) is 21.3. The molecule has 2 aliphatic heterocycles. The lowest BCUT2D eigenvalue weighted by Crippen LogP contribution is -2.52. The Kier molecular flexibility index (Phi) is 7.54. The summed E-state index contributed by atoms with van der Waals surface area (Å²) in [5.41, 5.74) is 0.369. The minimum absolute atomic E-state index is 0.0315. The number of methoxy groups -OCH3 is 1. The number of nitrogens with one attached hydrogen (secondary N) is 2. The van der Waals surface area contributed by atoms with E-state index >= 15 is 0 Å². The Morgan fingerprint density at radius 1 is 1.29 bits per heavy atom. The zero-order valence-corrected chi connectivity index (χ0v) is 17.3. The normalized spacial score (nSPS) is 25.0. The number of carbonyl (C=O) groups excluding carboxylic acids is 2. The van der Waals surface area contributed by atoms with E-state index in [1.165, 1.54) is 6.07 Å². The number of hydrogen-bond donors (Lipinski definition) is 2. The SMILES string of the molecule is CO[C@@H]1COCCC1NC1CCN(C(=O)CNC(=O)c2ccc(Cl)c(Cl)c2)C1. The van der Waals surface area contributed by atoms with Crippen LogP contribution in [0.1, 0.15) is 23.2 Å². The van der Waals surface area contributed by atoms with Crippen LogP contribution in [-0.4, -0.2) is 74.9 Å². The smallest absolute Gasteiger partial charge is 0.251 e. The molecule has 0 aliphatic carbocycles. The standard InChI is InChI=1S/C19H25Cl2N3O4/c1-27-17-11-28-7-5-16(17)23-13-4-6-24(10-13)18(25)9-22-19(26)12-2-3-14(20)15(21)8-12/h2-3,8,13,16-17,23H,4-7,9-11H2,1H3,(H,22,26)/t13?,16?,17-/m1/s1. The number of rotatable bonds is 6. The molecule has 2 aliphatic rings. The van der Waals surface area contributed by atoms with Crippen LogP contribution in [0.4, 0.5) is 0 Å². The summed E-state index contributed by atoms with van der Waals surface area (Å²) in [5, 5.41) is 6.92. The molecule has 2 saturated heterocycles. The van der Waals surface area contributed by atoms with Crippen molar-refractivity contribution in [3.63, 3.8) is 0 Å². The summed E-state index contributed by atoms with van der Waals surface area (Å²) in [4.78, 5) is 26.4. The van der Waals surface area contributed by atoms with Crippen LogP contribution in [0.5, 0.6) is 0 Å². The van der Waals surface area contributed by atoms with Gasteiger partial charge in [-0.2, -0.15) is 0 Å². The highest BCUT2D eigenvalue weighted by molar-refractivity contribution is 6.42. The van der Waals surface area contributed by atoms with Crippen molar-refractivity contribution in [1.82, 2.24) is 15.5 Å². The summed E-state index contributed by atoms with van der Waals surface area (Å²) in [5.74, 6) is -0.459. The van der Waals surface area contributed by atoms with Crippen LogP contribution in [0.3, 0.4) is 0 Å². The Balaban J connectivity index is 1.45. The Hall–Kier alpha value is -1.38. The Labute approximate surface area is 174 Å². The summed E-state index contributed by atoms with van der Waals surface area (Å²) >= 11 is 11.8. The monoisotopic (exact) mass is 429 g/mol. The van der Waals surface area contributed by atoms with Crippen LogP contribution < -0.4 is 10.6 Å². The first-order valence-corrected chi connectivity index (χ1v) is 10.1. The van der Waals surface area contributed by atoms with Gasteiger partial charge in [-0.05, 0) is 31.0 Å². The molecule has 28 heavy (non-hydrogen) atoms. The number of hydrogen-bond acceptors (Lipinski definition) is 5. The molecule has 3 atom stereocenters. The zero-order valence-electron chi connectivity index (χ0n) is 15.7. The van der Waals surface area contributed by atoms with Crippen LogP contribution in [0.25, 0.3) is 0 Å². The molecule has 1 aromatic carbocycles. The maximum Gasteiger partial charge on any atom is 0.251 e. The lowest BCUT2D eigenvalue weighted by Gasteiger charge is -2.33. The lowest BCUT2D eigenvalue weighted by molar-refractivity contribution is -0.129. The minimum Gasteiger partial charge on any atom is -0.379 e. The van der Waals surface area contributed by atoms with E-state index in [9.17, 15) is 9.59 Å². The molecule has 0 bridgehead atoms. The van der Waals surface area contributed by atoms with Gasteiger partial charge in [0.15, 0.2) is 0 Å². The minimum atomic E-state index is -0.356. The predicted octanol–water partition coefficient (Wildman–Crippen LogP) is 1.72. The Bertz CT molecular complexity index is 718. The predicted molar refractivity (Wildman–Crippen MR) is 107 cm³/mol. The largest absolute Gasteiger partial charge is 0.379 e. The van der Waals surface area contributed by atoms with Gasteiger partial charge in [0, 0.05) is 44.5 Å². The van der Waals surface area contributed by atoms with Gasteiger partial charge in [-0.3, -0.25) is 9.59 Å². The summed E-state index contributed by atoms with van der Waals surface area (Å²) in [6.07, 6.45) is 1.80. The molecule has 2 fully saturated rings. The van der Waals surface area contributed by atoms with Crippen LogP contribution >= 0.6 is 23.2 Å². The second-order valence-corrected chi connectivity index (χ2v) is 7.86. The van der Waals surface area contributed by atoms with Crippen molar-refractivity contribution in [3.05, 3.63) is 33.8 Å². The molecule has 9 heteroatoms. The van der Waals surface area contributed by atoms with Gasteiger partial charge in [0.1, 0.15) is 0 Å². The van der Waals surface area contributed by atoms with Crippen LogP contribution in [0.15, 0.2) is 18.2 Å². The molecule has 0 radical (unpaired) electrons. The molecular formula is C19H25Cl2N3O4. The van der Waals surface area contributed by atoms with E-state index in [4.69, 9.17) is 32.7 Å². The highest BCUT2D eigenvalue weighted by atomic mass is 35.5. The van der Waals surface area contributed by atoms with E-state index in [1.54, 1.807) is 24.1 Å². The molecule has 7 nitrogen and oxygen atoms in total. The molecule has 0 spiro atoms. The summed E-state index contributed by atoms with van der Waals surface area (Å²) in [6.45, 7) is 2.54. The molecule has 3 rings (SSSR count). The van der Waals surface area contributed by atoms with Gasteiger partial charge >= 0.3 is 0 Å². The van der Waals surface area contributed by atoms with Crippen molar-refractivity contribution in [2.24, 2.45) is 0 Å². The average molecular weight is 430 g/mol. The van der Waals surface area contributed by atoms with E-state index < -0.39 is 0 Å². The average Bonchev–Trinajstić information content (AvgIpc) is 3.17. The maximum atomic E-state index is 12.5. The molecule has 2 N–H and O–H groups in total. The first-order valence-electron chi connectivity index (χ1n) is 9.35. The van der Waals surface area contributed by atoms with Crippen molar-refractivity contribution in [1.29, 1.82) is 0 Å². The fourth-order valence-electron chi connectivity index (χ4n) is 3.57. The van der Waals surface area contributed by atoms with Crippen molar-refractivity contribution < 1.29 is 19.1 Å². The van der Waals surface area contributed by atoms with E-state index in [-0.39, 0.29) is 36.5 Å². The third kappa shape index (κ3) is 5.36. The molecule has 2 heterocycles. The molecular weight excluding hydrogens is 405 g/mol. The van der Waals surface area contributed by atoms with Crippen molar-refractivity contribution >= 4 is 35.0 Å². The maximum absolute atomic E-state index is 12.5. The summed E-state index contributed by atoms with van der Waals surface area (Å²) in [6, 6.07) is 5.06. The van der Waals surface area contributed by atoms with Gasteiger partial charge in [-0.15, -0.1) is 0 Å². The van der Waals surface area contributed by atoms with Gasteiger partial charge < -0.3 is 25.0 Å². The second kappa shape index (κ2) is 9.89. The quantitative estimate of drug-likeness (QED) is 0.719. The van der Waals surface area contributed by atoms with E-state index in [0.29, 0.717) is 41.9 Å². The topological polar surface area (TPSA) is 79.9 Å². The van der Waals surface area contributed by atoms with Gasteiger partial charge in [-0.1, -0.05) is 23.2 Å². The van der Waals surface area contributed by atoms with Crippen molar-refractivity contribution in [3.8, 4) is 0 Å². The number of carbonyl (C=O) groups is 2. The van der Waals surface area contributed by atoms with E-state index in [0.717, 1.165) is 12.8 Å². The van der Waals surface area contributed by atoms with E-state index in [2.05, 4.69) is 10.6 Å². The highest BCUT2D eigenvalue weighted by Gasteiger charge is 2.32. The zero-order chi connectivity index (χ0) is 20.1. The fourth-order valence-corrected chi connectivity index (χ4v) is 3.87. The van der Waals surface area contributed by atoms with Gasteiger partial charge in [-0.25, -0.2) is 0 Å². The molecule has 1 aromatic rings. The number of nitrogens with zero attached hydrogens (tertiary/aromatic N) is 1. The number of ether oxygens (including phenoxy) is 2. The Morgan fingerprint density at radius 3 is 2.86 bits per heavy atom.